The van der Waals surface area contributed by atoms with Crippen LogP contribution < -0.4 is 19.6 Å². The van der Waals surface area contributed by atoms with Crippen molar-refractivity contribution in [3.05, 3.63) is 59.0 Å². The highest BCUT2D eigenvalue weighted by Crippen LogP contribution is 2.31. The van der Waals surface area contributed by atoms with Crippen LogP contribution in [0.3, 0.4) is 0 Å². The molecule has 1 heterocycles. The average Bonchev–Trinajstić information content (AvgIpc) is 2.78. The molecule has 6 heteroatoms. The van der Waals surface area contributed by atoms with Gasteiger partial charge in [-0.15, -0.1) is 0 Å². The largest absolute Gasteiger partial charge is 0.490 e. The number of fused-ring (bicyclic) bond motifs is 1. The highest BCUT2D eigenvalue weighted by atomic mass is 16.5. The average molecular weight is 408 g/mol. The summed E-state index contributed by atoms with van der Waals surface area (Å²) in [6.45, 7) is 2.36. The maximum atomic E-state index is 12.8. The lowest BCUT2D eigenvalue weighted by molar-refractivity contribution is -0.139. The van der Waals surface area contributed by atoms with Gasteiger partial charge in [0.25, 0.3) is 0 Å². The SMILES string of the molecule is CCOc1ccccc1Oc1coc2cc(OC(=O)C3CCCCC3)ccc2c1=O. The highest BCUT2D eigenvalue weighted by molar-refractivity contribution is 5.81. The van der Waals surface area contributed by atoms with E-state index in [4.69, 9.17) is 18.6 Å². The Morgan fingerprint density at radius 1 is 1.03 bits per heavy atom. The smallest absolute Gasteiger partial charge is 0.314 e. The first-order valence-electron chi connectivity index (χ1n) is 10.3. The monoisotopic (exact) mass is 408 g/mol. The van der Waals surface area contributed by atoms with Crippen molar-refractivity contribution in [2.24, 2.45) is 5.92 Å². The van der Waals surface area contributed by atoms with Crippen molar-refractivity contribution >= 4 is 16.9 Å². The Hall–Kier alpha value is -3.28. The summed E-state index contributed by atoms with van der Waals surface area (Å²) in [5, 5.41) is 0.346. The van der Waals surface area contributed by atoms with Crippen LogP contribution in [0.4, 0.5) is 0 Å². The zero-order valence-corrected chi connectivity index (χ0v) is 16.9. The Bertz CT molecular complexity index is 1090. The Balaban J connectivity index is 1.56. The second-order valence-electron chi connectivity index (χ2n) is 7.32. The van der Waals surface area contributed by atoms with Gasteiger partial charge in [-0.25, -0.2) is 0 Å². The van der Waals surface area contributed by atoms with Crippen molar-refractivity contribution in [3.63, 3.8) is 0 Å². The lowest BCUT2D eigenvalue weighted by Gasteiger charge is -2.19. The summed E-state index contributed by atoms with van der Waals surface area (Å²) in [5.74, 6) is 1.14. The molecule has 1 aromatic heterocycles. The fraction of sp³-hybridized carbons (Fsp3) is 0.333. The van der Waals surface area contributed by atoms with Crippen LogP contribution in [0.5, 0.6) is 23.0 Å². The number of rotatable bonds is 6. The fourth-order valence-corrected chi connectivity index (χ4v) is 3.69. The normalized spacial score (nSPS) is 14.4. The maximum absolute atomic E-state index is 12.8. The van der Waals surface area contributed by atoms with Crippen LogP contribution in [0.1, 0.15) is 39.0 Å². The van der Waals surface area contributed by atoms with E-state index in [1.54, 1.807) is 36.4 Å². The molecule has 1 aliphatic carbocycles. The molecule has 156 valence electrons. The molecule has 0 amide bonds. The first-order chi connectivity index (χ1) is 14.7. The molecule has 0 atom stereocenters. The van der Waals surface area contributed by atoms with Crippen molar-refractivity contribution in [1.82, 2.24) is 0 Å². The summed E-state index contributed by atoms with van der Waals surface area (Å²) in [4.78, 5) is 25.2. The van der Waals surface area contributed by atoms with Gasteiger partial charge >= 0.3 is 5.97 Å². The molecule has 30 heavy (non-hydrogen) atoms. The van der Waals surface area contributed by atoms with Gasteiger partial charge in [-0.1, -0.05) is 31.4 Å². The molecule has 0 bridgehead atoms. The molecule has 1 saturated carbocycles. The molecule has 1 aliphatic rings. The molecule has 0 spiro atoms. The first-order valence-corrected chi connectivity index (χ1v) is 10.3. The summed E-state index contributed by atoms with van der Waals surface area (Å²) >= 11 is 0. The van der Waals surface area contributed by atoms with E-state index < -0.39 is 0 Å². The van der Waals surface area contributed by atoms with Crippen LogP contribution >= 0.6 is 0 Å². The zero-order valence-electron chi connectivity index (χ0n) is 16.9. The topological polar surface area (TPSA) is 75.0 Å². The minimum absolute atomic E-state index is 0.0531. The molecule has 3 aromatic rings. The van der Waals surface area contributed by atoms with Gasteiger partial charge in [0.2, 0.25) is 11.2 Å². The second kappa shape index (κ2) is 9.03. The lowest BCUT2D eigenvalue weighted by Crippen LogP contribution is -2.22. The van der Waals surface area contributed by atoms with Gasteiger partial charge in [-0.05, 0) is 44.0 Å². The van der Waals surface area contributed by atoms with E-state index in [1.807, 2.05) is 13.0 Å². The van der Waals surface area contributed by atoms with Crippen LogP contribution in [-0.2, 0) is 4.79 Å². The molecule has 2 aromatic carbocycles. The van der Waals surface area contributed by atoms with Gasteiger partial charge in [-0.2, -0.15) is 0 Å². The molecular formula is C24H24O6. The van der Waals surface area contributed by atoms with Crippen molar-refractivity contribution in [1.29, 1.82) is 0 Å². The third kappa shape index (κ3) is 4.32. The summed E-state index contributed by atoms with van der Waals surface area (Å²) in [7, 11) is 0. The maximum Gasteiger partial charge on any atom is 0.314 e. The van der Waals surface area contributed by atoms with Crippen LogP contribution in [0, 0.1) is 5.92 Å². The van der Waals surface area contributed by atoms with E-state index >= 15 is 0 Å². The zero-order chi connectivity index (χ0) is 20.9. The van der Waals surface area contributed by atoms with Crippen LogP contribution in [0.2, 0.25) is 0 Å². The number of esters is 1. The van der Waals surface area contributed by atoms with Gasteiger partial charge < -0.3 is 18.6 Å². The molecule has 4 rings (SSSR count). The van der Waals surface area contributed by atoms with Gasteiger partial charge in [0, 0.05) is 6.07 Å². The van der Waals surface area contributed by atoms with Crippen molar-refractivity contribution < 1.29 is 23.4 Å². The van der Waals surface area contributed by atoms with E-state index in [2.05, 4.69) is 0 Å². The molecule has 6 nitrogen and oxygen atoms in total. The third-order valence-electron chi connectivity index (χ3n) is 5.24. The van der Waals surface area contributed by atoms with Crippen molar-refractivity contribution in [2.45, 2.75) is 39.0 Å². The molecule has 0 N–H and O–H groups in total. The highest BCUT2D eigenvalue weighted by Gasteiger charge is 2.23. The quantitative estimate of drug-likeness (QED) is 0.398. The molecule has 1 fully saturated rings. The molecule has 0 aliphatic heterocycles. The number of hydrogen-bond acceptors (Lipinski definition) is 6. The van der Waals surface area contributed by atoms with E-state index in [1.165, 1.54) is 12.7 Å². The summed E-state index contributed by atoms with van der Waals surface area (Å²) < 4.78 is 22.4. The fourth-order valence-electron chi connectivity index (χ4n) is 3.69. The summed E-state index contributed by atoms with van der Waals surface area (Å²) in [5.41, 5.74) is 0.0205. The van der Waals surface area contributed by atoms with Crippen LogP contribution in [0.15, 0.2) is 57.9 Å². The number of carbonyl (C=O) groups excluding carboxylic acids is 1. The number of ether oxygens (including phenoxy) is 3. The molecule has 0 saturated heterocycles. The van der Waals surface area contributed by atoms with Crippen LogP contribution in [0.25, 0.3) is 11.0 Å². The molecule has 0 radical (unpaired) electrons. The third-order valence-corrected chi connectivity index (χ3v) is 5.24. The van der Waals surface area contributed by atoms with E-state index in [9.17, 15) is 9.59 Å². The summed E-state index contributed by atoms with van der Waals surface area (Å²) in [6, 6.07) is 11.9. The van der Waals surface area contributed by atoms with E-state index in [0.717, 1.165) is 25.7 Å². The van der Waals surface area contributed by atoms with Crippen LogP contribution in [-0.4, -0.2) is 12.6 Å². The Morgan fingerprint density at radius 2 is 1.80 bits per heavy atom. The van der Waals surface area contributed by atoms with E-state index in [-0.39, 0.29) is 23.1 Å². The number of benzene rings is 2. The lowest BCUT2D eigenvalue weighted by atomic mass is 9.89. The number of hydrogen-bond donors (Lipinski definition) is 0. The van der Waals surface area contributed by atoms with Gasteiger partial charge in [0.05, 0.1) is 17.9 Å². The predicted molar refractivity (Wildman–Crippen MR) is 112 cm³/mol. The van der Waals surface area contributed by atoms with Crippen molar-refractivity contribution in [2.75, 3.05) is 6.61 Å². The van der Waals surface area contributed by atoms with Crippen molar-refractivity contribution in [3.8, 4) is 23.0 Å². The predicted octanol–water partition coefficient (Wildman–Crippen LogP) is 5.47. The van der Waals surface area contributed by atoms with Gasteiger partial charge in [-0.3, -0.25) is 9.59 Å². The van der Waals surface area contributed by atoms with E-state index in [0.29, 0.717) is 34.8 Å². The number of carbonyl (C=O) groups is 1. The molecule has 0 unspecified atom stereocenters. The molecular weight excluding hydrogens is 384 g/mol. The number of para-hydroxylation sites is 2. The summed E-state index contributed by atoms with van der Waals surface area (Å²) in [6.07, 6.45) is 6.28. The minimum Gasteiger partial charge on any atom is -0.490 e. The van der Waals surface area contributed by atoms with Gasteiger partial charge in [0.15, 0.2) is 11.5 Å². The standard InChI is InChI=1S/C24H24O6/c1-2-27-19-10-6-7-11-20(19)30-22-15-28-21-14-17(12-13-18(21)23(22)25)29-24(26)16-8-4-3-5-9-16/h6-7,10-16H,2-5,8-9H2,1H3. The first kappa shape index (κ1) is 20.0. The minimum atomic E-state index is -0.312. The second-order valence-corrected chi connectivity index (χ2v) is 7.32. The Morgan fingerprint density at radius 3 is 2.57 bits per heavy atom. The van der Waals surface area contributed by atoms with Gasteiger partial charge in [0.1, 0.15) is 17.6 Å². The Labute approximate surface area is 174 Å². The Kier molecular flexibility index (Phi) is 6.02.